The van der Waals surface area contributed by atoms with E-state index in [-0.39, 0.29) is 0 Å². The van der Waals surface area contributed by atoms with Crippen LogP contribution in [0.25, 0.3) is 0 Å². The number of nitrogens with zero attached hydrogens (tertiary/aromatic N) is 2. The van der Waals surface area contributed by atoms with Crippen molar-refractivity contribution >= 4 is 23.1 Å². The number of nitrogens with one attached hydrogen (secondary N) is 2. The number of thiocarbonyl (C=S) groups is 1. The summed E-state index contributed by atoms with van der Waals surface area (Å²) in [6.45, 7) is 8.88. The minimum Gasteiger partial charge on any atom is -0.362 e. The lowest BCUT2D eigenvalue weighted by molar-refractivity contribution is 0.191. The molecule has 0 atom stereocenters. The first-order chi connectivity index (χ1) is 10.1. The molecular weight excluding hydrogens is 280 g/mol. The van der Waals surface area contributed by atoms with Crippen molar-refractivity contribution in [1.29, 1.82) is 0 Å². The fourth-order valence-corrected chi connectivity index (χ4v) is 2.77. The minimum absolute atomic E-state index is 0.653. The zero-order chi connectivity index (χ0) is 15.1. The van der Waals surface area contributed by atoms with Gasteiger partial charge in [0.15, 0.2) is 5.11 Å². The van der Waals surface area contributed by atoms with Gasteiger partial charge in [0, 0.05) is 12.2 Å². The fourth-order valence-electron chi connectivity index (χ4n) is 2.56. The molecule has 2 heterocycles. The molecule has 1 fully saturated rings. The predicted octanol–water partition coefficient (Wildman–Crippen LogP) is 2.80. The number of rotatable bonds is 5. The van der Waals surface area contributed by atoms with E-state index in [0.29, 0.717) is 5.11 Å². The van der Waals surface area contributed by atoms with Crippen molar-refractivity contribution in [3.63, 3.8) is 0 Å². The van der Waals surface area contributed by atoms with E-state index in [0.717, 1.165) is 36.9 Å². The van der Waals surface area contributed by atoms with Crippen LogP contribution in [0.5, 0.6) is 0 Å². The van der Waals surface area contributed by atoms with Gasteiger partial charge in [0.05, 0.1) is 0 Å². The van der Waals surface area contributed by atoms with Crippen molar-refractivity contribution in [1.82, 2.24) is 15.2 Å². The molecule has 0 aliphatic carbocycles. The average Bonchev–Trinajstić information content (AvgIpc) is 2.45. The molecule has 0 radical (unpaired) electrons. The summed E-state index contributed by atoms with van der Waals surface area (Å²) in [6.07, 6.45) is 3.80. The fraction of sp³-hybridized carbons (Fsp3) is 0.625. The first kappa shape index (κ1) is 16.2. The Balaban J connectivity index is 1.59. The van der Waals surface area contributed by atoms with Crippen LogP contribution in [0.1, 0.15) is 31.9 Å². The van der Waals surface area contributed by atoms with E-state index in [1.54, 1.807) is 0 Å². The molecule has 4 nitrogen and oxygen atoms in total. The second kappa shape index (κ2) is 8.29. The molecule has 1 saturated heterocycles. The summed E-state index contributed by atoms with van der Waals surface area (Å²) in [5, 5.41) is 7.03. The number of likely N-dealkylation sites (tertiary alicyclic amines) is 1. The molecule has 0 spiro atoms. The molecule has 1 aliphatic heterocycles. The highest BCUT2D eigenvalue weighted by Crippen LogP contribution is 2.15. The smallest absolute Gasteiger partial charge is 0.171 e. The van der Waals surface area contributed by atoms with Crippen LogP contribution in [0.2, 0.25) is 0 Å². The van der Waals surface area contributed by atoms with E-state index in [1.807, 2.05) is 25.1 Å². The van der Waals surface area contributed by atoms with Crippen molar-refractivity contribution in [3.05, 3.63) is 23.9 Å². The molecule has 1 aliphatic rings. The third kappa shape index (κ3) is 5.98. The predicted molar refractivity (Wildman–Crippen MR) is 92.7 cm³/mol. The summed E-state index contributed by atoms with van der Waals surface area (Å²) in [4.78, 5) is 6.93. The number of anilines is 1. The molecule has 0 saturated carbocycles. The maximum absolute atomic E-state index is 5.29. The van der Waals surface area contributed by atoms with Gasteiger partial charge in [-0.2, -0.15) is 0 Å². The number of aromatic nitrogens is 1. The first-order valence-electron chi connectivity index (χ1n) is 7.84. The second-order valence-electron chi connectivity index (χ2n) is 5.92. The third-order valence-electron chi connectivity index (χ3n) is 3.94. The number of piperidine rings is 1. The standard InChI is InChI=1S/C16H26N4S/c1-13-7-11-20(12-8-13)10-4-9-17-16(21)19-15-6-3-5-14(2)18-15/h3,5-6,13H,4,7-12H2,1-2H3,(H2,17,18,19,21). The van der Waals surface area contributed by atoms with Gasteiger partial charge < -0.3 is 15.5 Å². The maximum atomic E-state index is 5.29. The topological polar surface area (TPSA) is 40.2 Å². The molecule has 0 aromatic carbocycles. The Kier molecular flexibility index (Phi) is 6.39. The molecule has 0 amide bonds. The van der Waals surface area contributed by atoms with Crippen LogP contribution < -0.4 is 10.6 Å². The molecule has 1 aromatic heterocycles. The van der Waals surface area contributed by atoms with E-state index >= 15 is 0 Å². The van der Waals surface area contributed by atoms with Gasteiger partial charge in [-0.05, 0) is 76.1 Å². The number of hydrogen-bond donors (Lipinski definition) is 2. The molecule has 116 valence electrons. The largest absolute Gasteiger partial charge is 0.362 e. The summed E-state index contributed by atoms with van der Waals surface area (Å²) >= 11 is 5.29. The van der Waals surface area contributed by atoms with Crippen LogP contribution in [0.4, 0.5) is 5.82 Å². The van der Waals surface area contributed by atoms with Crippen molar-refractivity contribution in [2.24, 2.45) is 5.92 Å². The van der Waals surface area contributed by atoms with E-state index < -0.39 is 0 Å². The summed E-state index contributed by atoms with van der Waals surface area (Å²) in [6, 6.07) is 5.88. The lowest BCUT2D eigenvalue weighted by atomic mass is 9.99. The summed E-state index contributed by atoms with van der Waals surface area (Å²) < 4.78 is 0. The zero-order valence-corrected chi connectivity index (χ0v) is 13.9. The summed E-state index contributed by atoms with van der Waals surface area (Å²) in [7, 11) is 0. The Labute approximate surface area is 133 Å². The highest BCUT2D eigenvalue weighted by Gasteiger charge is 2.14. The normalized spacial score (nSPS) is 16.7. The van der Waals surface area contributed by atoms with E-state index in [4.69, 9.17) is 12.2 Å². The van der Waals surface area contributed by atoms with Gasteiger partial charge in [0.2, 0.25) is 0 Å². The van der Waals surface area contributed by atoms with Crippen LogP contribution in [-0.4, -0.2) is 41.2 Å². The van der Waals surface area contributed by atoms with Crippen molar-refractivity contribution < 1.29 is 0 Å². The van der Waals surface area contributed by atoms with Crippen LogP contribution >= 0.6 is 12.2 Å². The molecule has 0 bridgehead atoms. The van der Waals surface area contributed by atoms with Gasteiger partial charge in [0.25, 0.3) is 0 Å². The molecular formula is C16H26N4S. The van der Waals surface area contributed by atoms with Crippen LogP contribution in [0.3, 0.4) is 0 Å². The lowest BCUT2D eigenvalue weighted by Gasteiger charge is -2.30. The van der Waals surface area contributed by atoms with Gasteiger partial charge in [-0.15, -0.1) is 0 Å². The minimum atomic E-state index is 0.653. The molecule has 21 heavy (non-hydrogen) atoms. The molecule has 2 N–H and O–H groups in total. The highest BCUT2D eigenvalue weighted by atomic mass is 32.1. The Morgan fingerprint density at radius 2 is 2.14 bits per heavy atom. The zero-order valence-electron chi connectivity index (χ0n) is 13.1. The van der Waals surface area contributed by atoms with Crippen LogP contribution in [0, 0.1) is 12.8 Å². The average molecular weight is 306 g/mol. The van der Waals surface area contributed by atoms with Crippen molar-refractivity contribution in [2.45, 2.75) is 33.1 Å². The van der Waals surface area contributed by atoms with Gasteiger partial charge >= 0.3 is 0 Å². The van der Waals surface area contributed by atoms with Crippen LogP contribution in [-0.2, 0) is 0 Å². The van der Waals surface area contributed by atoms with E-state index in [2.05, 4.69) is 27.4 Å². The Morgan fingerprint density at radius 3 is 2.86 bits per heavy atom. The third-order valence-corrected chi connectivity index (χ3v) is 4.19. The van der Waals surface area contributed by atoms with Crippen molar-refractivity contribution in [2.75, 3.05) is 31.5 Å². The number of hydrogen-bond acceptors (Lipinski definition) is 3. The number of aryl methyl sites for hydroxylation is 1. The van der Waals surface area contributed by atoms with Gasteiger partial charge in [-0.3, -0.25) is 0 Å². The van der Waals surface area contributed by atoms with Gasteiger partial charge in [-0.1, -0.05) is 13.0 Å². The Bertz CT molecular complexity index is 455. The van der Waals surface area contributed by atoms with Gasteiger partial charge in [-0.25, -0.2) is 4.98 Å². The van der Waals surface area contributed by atoms with E-state index in [1.165, 1.54) is 25.9 Å². The molecule has 0 unspecified atom stereocenters. The quantitative estimate of drug-likeness (QED) is 0.646. The summed E-state index contributed by atoms with van der Waals surface area (Å²) in [5.74, 6) is 1.70. The monoisotopic (exact) mass is 306 g/mol. The Hall–Kier alpha value is -1.20. The highest BCUT2D eigenvalue weighted by molar-refractivity contribution is 7.80. The lowest BCUT2D eigenvalue weighted by Crippen LogP contribution is -2.36. The number of pyridine rings is 1. The van der Waals surface area contributed by atoms with Crippen LogP contribution in [0.15, 0.2) is 18.2 Å². The Morgan fingerprint density at radius 1 is 1.38 bits per heavy atom. The molecule has 5 heteroatoms. The summed E-state index contributed by atoms with van der Waals surface area (Å²) in [5.41, 5.74) is 0.988. The molecule has 2 rings (SSSR count). The van der Waals surface area contributed by atoms with Crippen molar-refractivity contribution in [3.8, 4) is 0 Å². The second-order valence-corrected chi connectivity index (χ2v) is 6.33. The maximum Gasteiger partial charge on any atom is 0.171 e. The molecule has 1 aromatic rings. The van der Waals surface area contributed by atoms with Gasteiger partial charge in [0.1, 0.15) is 5.82 Å². The SMILES string of the molecule is Cc1cccc(NC(=S)NCCCN2CCC(C)CC2)n1. The first-order valence-corrected chi connectivity index (χ1v) is 8.25. The van der Waals surface area contributed by atoms with E-state index in [9.17, 15) is 0 Å².